The zero-order valence-corrected chi connectivity index (χ0v) is 9.91. The lowest BCUT2D eigenvalue weighted by atomic mass is 9.79. The first-order valence-electron chi connectivity index (χ1n) is 5.96. The Hall–Kier alpha value is -1.43. The molecule has 0 spiro atoms. The summed E-state index contributed by atoms with van der Waals surface area (Å²) in [4.78, 5) is 10.8. The van der Waals surface area contributed by atoms with Crippen molar-refractivity contribution in [3.8, 4) is 0 Å². The predicted octanol–water partition coefficient (Wildman–Crippen LogP) is 0.0410. The van der Waals surface area contributed by atoms with Crippen LogP contribution in [0.1, 0.15) is 21.8 Å². The van der Waals surface area contributed by atoms with E-state index in [1.165, 1.54) is 12.1 Å². The van der Waals surface area contributed by atoms with Crippen LogP contribution in [0, 0.1) is 5.92 Å². The minimum absolute atomic E-state index is 0.00455. The van der Waals surface area contributed by atoms with E-state index < -0.39 is 12.1 Å². The van der Waals surface area contributed by atoms with Crippen LogP contribution in [0.15, 0.2) is 24.3 Å². The summed E-state index contributed by atoms with van der Waals surface area (Å²) in [6, 6.07) is 6.48. The molecule has 3 unspecified atom stereocenters. The molecular formula is C13H17NO4. The molecule has 1 fully saturated rings. The largest absolute Gasteiger partial charge is 0.478 e. The molecule has 1 heterocycles. The molecule has 1 aliphatic rings. The highest BCUT2D eigenvalue weighted by atomic mass is 16.4. The molecule has 18 heavy (non-hydrogen) atoms. The standard InChI is InChI=1S/C13H17NO4/c15-7-10-5-14-6-11(16)12(10)8-1-3-9(4-2-8)13(17)18/h1-4,10-12,14-16H,5-7H2,(H,17,18). The Labute approximate surface area is 105 Å². The Morgan fingerprint density at radius 3 is 2.50 bits per heavy atom. The average Bonchev–Trinajstić information content (AvgIpc) is 2.38. The monoisotopic (exact) mass is 251 g/mol. The van der Waals surface area contributed by atoms with Crippen molar-refractivity contribution in [2.24, 2.45) is 5.92 Å². The molecule has 1 aromatic rings. The lowest BCUT2D eigenvalue weighted by Crippen LogP contribution is -2.46. The highest BCUT2D eigenvalue weighted by Crippen LogP contribution is 2.30. The van der Waals surface area contributed by atoms with Crippen LogP contribution in [-0.4, -0.2) is 47.1 Å². The van der Waals surface area contributed by atoms with Crippen LogP contribution in [0.2, 0.25) is 0 Å². The third-order valence-electron chi connectivity index (χ3n) is 3.46. The summed E-state index contributed by atoms with van der Waals surface area (Å²) < 4.78 is 0. The third-order valence-corrected chi connectivity index (χ3v) is 3.46. The van der Waals surface area contributed by atoms with Gasteiger partial charge in [0.1, 0.15) is 0 Å². The lowest BCUT2D eigenvalue weighted by molar-refractivity contribution is 0.0614. The Balaban J connectivity index is 2.24. The number of β-amino-alcohol motifs (C(OH)–C–C–N with tert-alkyl or cyclic N) is 1. The molecule has 0 radical (unpaired) electrons. The fraction of sp³-hybridized carbons (Fsp3) is 0.462. The summed E-state index contributed by atoms with van der Waals surface area (Å²) in [6.45, 7) is 1.14. The van der Waals surface area contributed by atoms with Crippen LogP contribution in [0.5, 0.6) is 0 Å². The molecule has 1 aromatic carbocycles. The van der Waals surface area contributed by atoms with Crippen LogP contribution in [0.25, 0.3) is 0 Å². The van der Waals surface area contributed by atoms with Crippen molar-refractivity contribution >= 4 is 5.97 Å². The van der Waals surface area contributed by atoms with Crippen molar-refractivity contribution in [3.63, 3.8) is 0 Å². The minimum Gasteiger partial charge on any atom is -0.478 e. The van der Waals surface area contributed by atoms with Crippen LogP contribution >= 0.6 is 0 Å². The molecule has 2 rings (SSSR count). The molecule has 5 heteroatoms. The van der Waals surface area contributed by atoms with Gasteiger partial charge in [0.15, 0.2) is 0 Å². The minimum atomic E-state index is -0.967. The first kappa shape index (κ1) is 13.0. The Morgan fingerprint density at radius 1 is 1.28 bits per heavy atom. The summed E-state index contributed by atoms with van der Waals surface area (Å²) >= 11 is 0. The number of carboxylic acid groups (broad SMARTS) is 1. The number of nitrogens with one attached hydrogen (secondary N) is 1. The Kier molecular flexibility index (Phi) is 3.96. The quantitative estimate of drug-likeness (QED) is 0.609. The van der Waals surface area contributed by atoms with Gasteiger partial charge in [-0.2, -0.15) is 0 Å². The van der Waals surface area contributed by atoms with Crippen LogP contribution in [-0.2, 0) is 0 Å². The number of aromatic carboxylic acids is 1. The zero-order valence-electron chi connectivity index (χ0n) is 9.91. The first-order chi connectivity index (χ1) is 8.63. The molecule has 3 atom stereocenters. The van der Waals surface area contributed by atoms with E-state index in [0.717, 1.165) is 5.56 Å². The highest BCUT2D eigenvalue weighted by Gasteiger charge is 2.32. The number of benzene rings is 1. The molecule has 0 amide bonds. The van der Waals surface area contributed by atoms with Gasteiger partial charge in [-0.25, -0.2) is 4.79 Å². The second-order valence-electron chi connectivity index (χ2n) is 4.62. The van der Waals surface area contributed by atoms with E-state index in [1.54, 1.807) is 12.1 Å². The average molecular weight is 251 g/mol. The summed E-state index contributed by atoms with van der Waals surface area (Å²) in [5.74, 6) is -1.17. The number of piperidine rings is 1. The van der Waals surface area contributed by atoms with Crippen molar-refractivity contribution in [1.29, 1.82) is 0 Å². The zero-order chi connectivity index (χ0) is 13.1. The Bertz CT molecular complexity index is 418. The van der Waals surface area contributed by atoms with E-state index in [2.05, 4.69) is 5.32 Å². The van der Waals surface area contributed by atoms with Gasteiger partial charge >= 0.3 is 5.97 Å². The van der Waals surface area contributed by atoms with Gasteiger partial charge in [0.2, 0.25) is 0 Å². The fourth-order valence-corrected chi connectivity index (χ4v) is 2.51. The van der Waals surface area contributed by atoms with Crippen molar-refractivity contribution in [2.75, 3.05) is 19.7 Å². The maximum absolute atomic E-state index is 10.8. The van der Waals surface area contributed by atoms with E-state index in [0.29, 0.717) is 13.1 Å². The van der Waals surface area contributed by atoms with Gasteiger partial charge in [-0.1, -0.05) is 12.1 Å². The second kappa shape index (κ2) is 5.48. The van der Waals surface area contributed by atoms with Crippen molar-refractivity contribution in [3.05, 3.63) is 35.4 Å². The summed E-state index contributed by atoms with van der Waals surface area (Å²) in [7, 11) is 0. The maximum Gasteiger partial charge on any atom is 0.335 e. The highest BCUT2D eigenvalue weighted by molar-refractivity contribution is 5.87. The maximum atomic E-state index is 10.8. The number of aliphatic hydroxyl groups is 2. The molecule has 0 bridgehead atoms. The van der Waals surface area contributed by atoms with E-state index in [-0.39, 0.29) is 24.0 Å². The molecule has 0 saturated carbocycles. The Morgan fingerprint density at radius 2 is 1.94 bits per heavy atom. The van der Waals surface area contributed by atoms with Gasteiger partial charge < -0.3 is 20.6 Å². The number of carboxylic acids is 1. The van der Waals surface area contributed by atoms with Crippen molar-refractivity contribution < 1.29 is 20.1 Å². The molecular weight excluding hydrogens is 234 g/mol. The van der Waals surface area contributed by atoms with Crippen LogP contribution in [0.3, 0.4) is 0 Å². The SMILES string of the molecule is O=C(O)c1ccc(C2C(O)CNCC2CO)cc1. The lowest BCUT2D eigenvalue weighted by Gasteiger charge is -2.35. The molecule has 5 nitrogen and oxygen atoms in total. The van der Waals surface area contributed by atoms with Crippen molar-refractivity contribution in [1.82, 2.24) is 5.32 Å². The van der Waals surface area contributed by atoms with E-state index >= 15 is 0 Å². The molecule has 1 aliphatic heterocycles. The molecule has 0 aromatic heterocycles. The predicted molar refractivity (Wildman–Crippen MR) is 65.6 cm³/mol. The fourth-order valence-electron chi connectivity index (χ4n) is 2.51. The summed E-state index contributed by atoms with van der Waals surface area (Å²) in [5.41, 5.74) is 1.09. The van der Waals surface area contributed by atoms with Gasteiger partial charge in [0.05, 0.1) is 11.7 Å². The van der Waals surface area contributed by atoms with Crippen LogP contribution < -0.4 is 5.32 Å². The van der Waals surface area contributed by atoms with Crippen LogP contribution in [0.4, 0.5) is 0 Å². The smallest absolute Gasteiger partial charge is 0.335 e. The normalized spacial score (nSPS) is 28.0. The van der Waals surface area contributed by atoms with Crippen molar-refractivity contribution in [2.45, 2.75) is 12.0 Å². The third kappa shape index (κ3) is 2.53. The molecule has 4 N–H and O–H groups in total. The van der Waals surface area contributed by atoms with Gasteiger partial charge in [0, 0.05) is 31.5 Å². The van der Waals surface area contributed by atoms with E-state index in [1.807, 2.05) is 0 Å². The second-order valence-corrected chi connectivity index (χ2v) is 4.62. The summed E-state index contributed by atoms with van der Waals surface area (Å²) in [6.07, 6.45) is -0.563. The number of hydrogen-bond acceptors (Lipinski definition) is 4. The molecule has 1 saturated heterocycles. The molecule has 98 valence electrons. The van der Waals surface area contributed by atoms with Gasteiger partial charge in [-0.3, -0.25) is 0 Å². The van der Waals surface area contributed by atoms with Gasteiger partial charge in [-0.05, 0) is 17.7 Å². The first-order valence-corrected chi connectivity index (χ1v) is 5.96. The van der Waals surface area contributed by atoms with E-state index in [9.17, 15) is 15.0 Å². The summed E-state index contributed by atoms with van der Waals surface area (Å²) in [5, 5.41) is 31.2. The number of hydrogen-bond donors (Lipinski definition) is 4. The topological polar surface area (TPSA) is 89.8 Å². The number of carbonyl (C=O) groups is 1. The van der Waals surface area contributed by atoms with E-state index in [4.69, 9.17) is 5.11 Å². The van der Waals surface area contributed by atoms with Gasteiger partial charge in [-0.15, -0.1) is 0 Å². The number of aliphatic hydroxyl groups excluding tert-OH is 2. The molecule has 0 aliphatic carbocycles. The van der Waals surface area contributed by atoms with Gasteiger partial charge in [0.25, 0.3) is 0 Å². The number of rotatable bonds is 3.